The topological polar surface area (TPSA) is 49.3 Å². The summed E-state index contributed by atoms with van der Waals surface area (Å²) in [5, 5.41) is 11.9. The molecule has 1 amide bonds. The summed E-state index contributed by atoms with van der Waals surface area (Å²) in [5.41, 5.74) is 0. The van der Waals surface area contributed by atoms with Crippen LogP contribution in [0.5, 0.6) is 0 Å². The Morgan fingerprint density at radius 2 is 2.15 bits per heavy atom. The highest BCUT2D eigenvalue weighted by molar-refractivity contribution is 5.81. The van der Waals surface area contributed by atoms with Gasteiger partial charge in [0.15, 0.2) is 0 Å². The zero-order valence-electron chi connectivity index (χ0n) is 8.58. The van der Waals surface area contributed by atoms with Gasteiger partial charge in [0.1, 0.15) is 0 Å². The smallest absolute Gasteiger partial charge is 0.223 e. The first-order valence-electron chi connectivity index (χ1n) is 4.97. The van der Waals surface area contributed by atoms with E-state index >= 15 is 0 Å². The Morgan fingerprint density at radius 1 is 1.62 bits per heavy atom. The van der Waals surface area contributed by atoms with E-state index in [4.69, 9.17) is 5.11 Å². The number of rotatable bonds is 4. The van der Waals surface area contributed by atoms with Crippen LogP contribution in [0.4, 0.5) is 0 Å². The molecule has 0 aliphatic heterocycles. The van der Waals surface area contributed by atoms with Gasteiger partial charge in [-0.3, -0.25) is 4.79 Å². The summed E-state index contributed by atoms with van der Waals surface area (Å²) >= 11 is 0. The second-order valence-corrected chi connectivity index (χ2v) is 4.36. The second-order valence-electron chi connectivity index (χ2n) is 4.36. The molecule has 0 saturated heterocycles. The Hall–Kier alpha value is -0.570. The van der Waals surface area contributed by atoms with Crippen LogP contribution in [0.15, 0.2) is 0 Å². The van der Waals surface area contributed by atoms with E-state index in [0.717, 1.165) is 6.42 Å². The van der Waals surface area contributed by atoms with Crippen molar-refractivity contribution in [1.29, 1.82) is 0 Å². The van der Waals surface area contributed by atoms with Crippen LogP contribution >= 0.6 is 0 Å². The molecule has 0 aromatic rings. The molecule has 3 atom stereocenters. The van der Waals surface area contributed by atoms with E-state index in [9.17, 15) is 4.79 Å². The molecular weight excluding hydrogens is 166 g/mol. The number of carbonyl (C=O) groups excluding carboxylic acids is 1. The van der Waals surface area contributed by atoms with Crippen molar-refractivity contribution in [1.82, 2.24) is 5.32 Å². The summed E-state index contributed by atoms with van der Waals surface area (Å²) in [6.45, 7) is 6.10. The number of hydrogen-bond acceptors (Lipinski definition) is 2. The molecule has 0 bridgehead atoms. The number of aliphatic hydroxyl groups excluding tert-OH is 1. The Kier molecular flexibility index (Phi) is 3.31. The molecule has 0 radical (unpaired) electrons. The van der Waals surface area contributed by atoms with Gasteiger partial charge in [-0.2, -0.15) is 0 Å². The van der Waals surface area contributed by atoms with E-state index < -0.39 is 0 Å². The Labute approximate surface area is 79.5 Å². The van der Waals surface area contributed by atoms with Crippen LogP contribution in [0.3, 0.4) is 0 Å². The van der Waals surface area contributed by atoms with Crippen LogP contribution in [0.1, 0.15) is 27.2 Å². The summed E-state index contributed by atoms with van der Waals surface area (Å²) in [6.07, 6.45) is 1.00. The van der Waals surface area contributed by atoms with Crippen LogP contribution in [-0.4, -0.2) is 23.7 Å². The number of amides is 1. The van der Waals surface area contributed by atoms with E-state index in [1.807, 2.05) is 13.8 Å². The van der Waals surface area contributed by atoms with Crippen molar-refractivity contribution in [3.05, 3.63) is 0 Å². The normalized spacial score (nSPS) is 28.7. The zero-order chi connectivity index (χ0) is 10.0. The first-order valence-corrected chi connectivity index (χ1v) is 4.97. The maximum Gasteiger partial charge on any atom is 0.223 e. The molecule has 1 rings (SSSR count). The van der Waals surface area contributed by atoms with Crippen LogP contribution in [0, 0.1) is 17.8 Å². The van der Waals surface area contributed by atoms with Crippen molar-refractivity contribution < 1.29 is 9.90 Å². The summed E-state index contributed by atoms with van der Waals surface area (Å²) < 4.78 is 0. The minimum absolute atomic E-state index is 0.0322. The van der Waals surface area contributed by atoms with Gasteiger partial charge in [0.2, 0.25) is 5.91 Å². The molecule has 0 heterocycles. The van der Waals surface area contributed by atoms with Gasteiger partial charge in [-0.1, -0.05) is 20.8 Å². The van der Waals surface area contributed by atoms with Crippen molar-refractivity contribution in [3.63, 3.8) is 0 Å². The van der Waals surface area contributed by atoms with E-state index in [0.29, 0.717) is 11.8 Å². The highest BCUT2D eigenvalue weighted by Gasteiger charge is 2.39. The van der Waals surface area contributed by atoms with Gasteiger partial charge < -0.3 is 10.4 Å². The summed E-state index contributed by atoms with van der Waals surface area (Å²) in [5.74, 6) is 1.14. The molecule has 13 heavy (non-hydrogen) atoms. The third-order valence-corrected chi connectivity index (χ3v) is 2.78. The van der Waals surface area contributed by atoms with Gasteiger partial charge >= 0.3 is 0 Å². The van der Waals surface area contributed by atoms with Crippen LogP contribution in [0.2, 0.25) is 0 Å². The second kappa shape index (κ2) is 4.09. The van der Waals surface area contributed by atoms with Crippen LogP contribution in [-0.2, 0) is 4.79 Å². The molecule has 1 fully saturated rings. The predicted octanol–water partition coefficient (Wildman–Crippen LogP) is 0.775. The van der Waals surface area contributed by atoms with Crippen molar-refractivity contribution in [2.45, 2.75) is 33.2 Å². The summed E-state index contributed by atoms with van der Waals surface area (Å²) in [6, 6.07) is -0.0831. The quantitative estimate of drug-likeness (QED) is 0.680. The lowest BCUT2D eigenvalue weighted by atomic mass is 10.1. The lowest BCUT2D eigenvalue weighted by Crippen LogP contribution is -2.42. The van der Waals surface area contributed by atoms with Gasteiger partial charge in [-0.15, -0.1) is 0 Å². The molecule has 1 aliphatic rings. The SMILES string of the molecule is CC1CC1C(=O)N[C@H](CO)C(C)C. The molecule has 1 aliphatic carbocycles. The fourth-order valence-electron chi connectivity index (χ4n) is 1.40. The summed E-state index contributed by atoms with van der Waals surface area (Å²) in [4.78, 5) is 11.5. The fraction of sp³-hybridized carbons (Fsp3) is 0.900. The number of carbonyl (C=O) groups is 1. The zero-order valence-corrected chi connectivity index (χ0v) is 8.58. The number of aliphatic hydroxyl groups is 1. The average Bonchev–Trinajstić information content (AvgIpc) is 2.77. The first-order chi connectivity index (χ1) is 6.06. The Bertz CT molecular complexity index is 191. The molecule has 3 nitrogen and oxygen atoms in total. The first kappa shape index (κ1) is 10.5. The van der Waals surface area contributed by atoms with Gasteiger partial charge in [-0.25, -0.2) is 0 Å². The van der Waals surface area contributed by atoms with Crippen molar-refractivity contribution in [3.8, 4) is 0 Å². The van der Waals surface area contributed by atoms with Crippen molar-refractivity contribution in [2.75, 3.05) is 6.61 Å². The van der Waals surface area contributed by atoms with Gasteiger partial charge in [0.05, 0.1) is 12.6 Å². The van der Waals surface area contributed by atoms with E-state index in [1.54, 1.807) is 0 Å². The van der Waals surface area contributed by atoms with Crippen molar-refractivity contribution >= 4 is 5.91 Å². The van der Waals surface area contributed by atoms with E-state index in [-0.39, 0.29) is 24.5 Å². The number of nitrogens with one attached hydrogen (secondary N) is 1. The minimum atomic E-state index is -0.0831. The van der Waals surface area contributed by atoms with Gasteiger partial charge in [0, 0.05) is 5.92 Å². The monoisotopic (exact) mass is 185 g/mol. The van der Waals surface area contributed by atoms with Crippen LogP contribution in [0.25, 0.3) is 0 Å². The fourth-order valence-corrected chi connectivity index (χ4v) is 1.40. The molecule has 0 aromatic heterocycles. The third kappa shape index (κ3) is 2.69. The standard InChI is InChI=1S/C10H19NO2/c1-6(2)9(5-12)11-10(13)8-4-7(8)3/h6-9,12H,4-5H2,1-3H3,(H,11,13)/t7?,8?,9-/m1/s1. The van der Waals surface area contributed by atoms with E-state index in [1.165, 1.54) is 0 Å². The lowest BCUT2D eigenvalue weighted by molar-refractivity contribution is -0.123. The Morgan fingerprint density at radius 3 is 2.46 bits per heavy atom. The molecule has 2 unspecified atom stereocenters. The molecular formula is C10H19NO2. The Balaban J connectivity index is 2.33. The highest BCUT2D eigenvalue weighted by Crippen LogP contribution is 2.37. The number of hydrogen-bond donors (Lipinski definition) is 2. The third-order valence-electron chi connectivity index (χ3n) is 2.78. The highest BCUT2D eigenvalue weighted by atomic mass is 16.3. The molecule has 76 valence electrons. The predicted molar refractivity (Wildman–Crippen MR) is 51.1 cm³/mol. The maximum atomic E-state index is 11.5. The molecule has 3 heteroatoms. The minimum Gasteiger partial charge on any atom is -0.394 e. The van der Waals surface area contributed by atoms with Gasteiger partial charge in [-0.05, 0) is 18.3 Å². The molecule has 1 saturated carbocycles. The van der Waals surface area contributed by atoms with Crippen molar-refractivity contribution in [2.24, 2.45) is 17.8 Å². The maximum absolute atomic E-state index is 11.5. The molecule has 2 N–H and O–H groups in total. The summed E-state index contributed by atoms with van der Waals surface area (Å²) in [7, 11) is 0. The average molecular weight is 185 g/mol. The van der Waals surface area contributed by atoms with E-state index in [2.05, 4.69) is 12.2 Å². The largest absolute Gasteiger partial charge is 0.394 e. The van der Waals surface area contributed by atoms with Gasteiger partial charge in [0.25, 0.3) is 0 Å². The lowest BCUT2D eigenvalue weighted by Gasteiger charge is -2.19. The molecule has 0 aromatic carbocycles. The van der Waals surface area contributed by atoms with Crippen LogP contribution < -0.4 is 5.32 Å². The molecule has 0 spiro atoms.